The number of allylic oxidation sites excluding steroid dienone is 1. The van der Waals surface area contributed by atoms with E-state index in [1.54, 1.807) is 5.57 Å². The Morgan fingerprint density at radius 3 is 2.67 bits per heavy atom. The summed E-state index contributed by atoms with van der Waals surface area (Å²) in [5.41, 5.74) is 4.42. The third-order valence-electron chi connectivity index (χ3n) is 5.60. The number of amides is 1. The van der Waals surface area contributed by atoms with Gasteiger partial charge < -0.3 is 10.2 Å². The fraction of sp³-hybridized carbons (Fsp3) is 0.571. The van der Waals surface area contributed by atoms with Crippen molar-refractivity contribution in [3.8, 4) is 0 Å². The molecule has 1 saturated carbocycles. The van der Waals surface area contributed by atoms with Crippen molar-refractivity contribution in [3.05, 3.63) is 47.0 Å². The zero-order valence-electron chi connectivity index (χ0n) is 15.1. The molecule has 0 aromatic heterocycles. The molecular formula is C21H30N2O. The number of carbonyl (C=O) groups is 1. The van der Waals surface area contributed by atoms with Crippen LogP contribution in [0.15, 0.2) is 35.9 Å². The third-order valence-corrected chi connectivity index (χ3v) is 5.60. The number of nitrogens with one attached hydrogen (secondary N) is 1. The molecule has 0 spiro atoms. The van der Waals surface area contributed by atoms with Crippen molar-refractivity contribution < 1.29 is 4.79 Å². The van der Waals surface area contributed by atoms with Gasteiger partial charge >= 0.3 is 0 Å². The first-order valence-corrected chi connectivity index (χ1v) is 9.39. The van der Waals surface area contributed by atoms with Crippen LogP contribution in [0.4, 0.5) is 0 Å². The van der Waals surface area contributed by atoms with E-state index in [0.29, 0.717) is 17.9 Å². The maximum Gasteiger partial charge on any atom is 0.222 e. The SMILES string of the molecule is CNC(C)C=C1CCC(c2ccccc2CN2CCCC2=O)CC1. The summed E-state index contributed by atoms with van der Waals surface area (Å²) >= 11 is 0. The summed E-state index contributed by atoms with van der Waals surface area (Å²) in [6.07, 6.45) is 9.00. The van der Waals surface area contributed by atoms with Gasteiger partial charge in [0.25, 0.3) is 0 Å². The van der Waals surface area contributed by atoms with Gasteiger partial charge in [0.15, 0.2) is 0 Å². The number of benzene rings is 1. The molecule has 0 radical (unpaired) electrons. The molecule has 2 fully saturated rings. The van der Waals surface area contributed by atoms with Crippen LogP contribution in [0.3, 0.4) is 0 Å². The van der Waals surface area contributed by atoms with E-state index in [9.17, 15) is 4.79 Å². The number of hydrogen-bond donors (Lipinski definition) is 1. The Bertz CT molecular complexity index is 598. The van der Waals surface area contributed by atoms with Gasteiger partial charge in [-0.05, 0) is 63.1 Å². The number of likely N-dealkylation sites (N-methyl/N-ethyl adjacent to an activating group) is 1. The van der Waals surface area contributed by atoms with Crippen LogP contribution >= 0.6 is 0 Å². The molecule has 1 saturated heterocycles. The summed E-state index contributed by atoms with van der Waals surface area (Å²) in [4.78, 5) is 14.0. The average molecular weight is 326 g/mol. The average Bonchev–Trinajstić information content (AvgIpc) is 3.01. The van der Waals surface area contributed by atoms with Crippen LogP contribution in [-0.4, -0.2) is 30.4 Å². The summed E-state index contributed by atoms with van der Waals surface area (Å²) in [6.45, 7) is 3.93. The van der Waals surface area contributed by atoms with Gasteiger partial charge in [0.1, 0.15) is 0 Å². The largest absolute Gasteiger partial charge is 0.338 e. The monoisotopic (exact) mass is 326 g/mol. The molecule has 24 heavy (non-hydrogen) atoms. The van der Waals surface area contributed by atoms with Gasteiger partial charge in [-0.3, -0.25) is 4.79 Å². The highest BCUT2D eigenvalue weighted by atomic mass is 16.2. The van der Waals surface area contributed by atoms with Crippen molar-refractivity contribution in [3.63, 3.8) is 0 Å². The predicted molar refractivity (Wildman–Crippen MR) is 98.9 cm³/mol. The summed E-state index contributed by atoms with van der Waals surface area (Å²) in [7, 11) is 2.02. The fourth-order valence-electron chi connectivity index (χ4n) is 4.06. The van der Waals surface area contributed by atoms with Crippen molar-refractivity contribution in [2.75, 3.05) is 13.6 Å². The lowest BCUT2D eigenvalue weighted by Gasteiger charge is -2.28. The minimum absolute atomic E-state index is 0.319. The normalized spacial score (nSPS) is 22.8. The smallest absolute Gasteiger partial charge is 0.222 e. The van der Waals surface area contributed by atoms with Crippen molar-refractivity contribution in [2.45, 2.75) is 64.0 Å². The van der Waals surface area contributed by atoms with Gasteiger partial charge in [-0.1, -0.05) is 35.9 Å². The quantitative estimate of drug-likeness (QED) is 0.830. The first-order chi connectivity index (χ1) is 11.7. The number of nitrogens with zero attached hydrogens (tertiary/aromatic N) is 1. The van der Waals surface area contributed by atoms with Crippen molar-refractivity contribution >= 4 is 5.91 Å². The lowest BCUT2D eigenvalue weighted by atomic mass is 9.79. The summed E-state index contributed by atoms with van der Waals surface area (Å²) in [6, 6.07) is 9.23. The van der Waals surface area contributed by atoms with Crippen molar-refractivity contribution in [1.29, 1.82) is 0 Å². The number of likely N-dealkylation sites (tertiary alicyclic amines) is 1. The second-order valence-electron chi connectivity index (χ2n) is 7.29. The molecule has 1 aliphatic carbocycles. The second-order valence-corrected chi connectivity index (χ2v) is 7.29. The zero-order chi connectivity index (χ0) is 16.9. The standard InChI is InChI=1S/C21H30N2O/c1-16(22-2)14-17-9-11-18(12-10-17)20-7-4-3-6-19(20)15-23-13-5-8-21(23)24/h3-4,6-7,14,16,18,22H,5,8-13,15H2,1-2H3. The molecule has 0 bridgehead atoms. The molecule has 1 aliphatic heterocycles. The van der Waals surface area contributed by atoms with Crippen LogP contribution in [0.5, 0.6) is 0 Å². The molecule has 2 aliphatic rings. The van der Waals surface area contributed by atoms with Gasteiger partial charge in [-0.25, -0.2) is 0 Å². The lowest BCUT2D eigenvalue weighted by molar-refractivity contribution is -0.128. The Labute approximate surface area is 146 Å². The van der Waals surface area contributed by atoms with E-state index in [1.165, 1.54) is 36.8 Å². The Kier molecular flexibility index (Phi) is 5.72. The molecule has 3 nitrogen and oxygen atoms in total. The van der Waals surface area contributed by atoms with E-state index in [-0.39, 0.29) is 0 Å². The van der Waals surface area contributed by atoms with Crippen LogP contribution in [0.2, 0.25) is 0 Å². The van der Waals surface area contributed by atoms with Crippen LogP contribution in [0, 0.1) is 0 Å². The highest BCUT2D eigenvalue weighted by Crippen LogP contribution is 2.37. The Balaban J connectivity index is 1.67. The van der Waals surface area contributed by atoms with Gasteiger partial charge in [0.2, 0.25) is 5.91 Å². The molecule has 130 valence electrons. The third kappa shape index (κ3) is 4.07. The number of carbonyl (C=O) groups excluding carboxylic acids is 1. The van der Waals surface area contributed by atoms with E-state index in [1.807, 2.05) is 11.9 Å². The van der Waals surface area contributed by atoms with Gasteiger partial charge in [-0.15, -0.1) is 0 Å². The Hall–Kier alpha value is -1.61. The maximum atomic E-state index is 12.0. The second kappa shape index (κ2) is 7.98. The molecular weight excluding hydrogens is 296 g/mol. The van der Waals surface area contributed by atoms with Gasteiger partial charge in [0, 0.05) is 25.6 Å². The van der Waals surface area contributed by atoms with Gasteiger partial charge in [-0.2, -0.15) is 0 Å². The van der Waals surface area contributed by atoms with E-state index in [4.69, 9.17) is 0 Å². The fourth-order valence-corrected chi connectivity index (χ4v) is 4.06. The van der Waals surface area contributed by atoms with Crippen LogP contribution in [0.1, 0.15) is 62.5 Å². The van der Waals surface area contributed by atoms with Crippen LogP contribution in [0.25, 0.3) is 0 Å². The molecule has 1 aromatic rings. The van der Waals surface area contributed by atoms with Crippen molar-refractivity contribution in [1.82, 2.24) is 10.2 Å². The van der Waals surface area contributed by atoms with E-state index >= 15 is 0 Å². The lowest BCUT2D eigenvalue weighted by Crippen LogP contribution is -2.25. The highest BCUT2D eigenvalue weighted by molar-refractivity contribution is 5.78. The summed E-state index contributed by atoms with van der Waals surface area (Å²) in [5, 5.41) is 3.29. The molecule has 3 heteroatoms. The van der Waals surface area contributed by atoms with E-state index in [0.717, 1.165) is 25.9 Å². The van der Waals surface area contributed by atoms with Crippen LogP contribution in [-0.2, 0) is 11.3 Å². The first-order valence-electron chi connectivity index (χ1n) is 9.39. The minimum atomic E-state index is 0.319. The molecule has 1 heterocycles. The number of hydrogen-bond acceptors (Lipinski definition) is 2. The zero-order valence-corrected chi connectivity index (χ0v) is 15.1. The Morgan fingerprint density at radius 2 is 2.00 bits per heavy atom. The first kappa shape index (κ1) is 17.2. The summed E-state index contributed by atoms with van der Waals surface area (Å²) in [5.74, 6) is 0.959. The molecule has 3 rings (SSSR count). The topological polar surface area (TPSA) is 32.3 Å². The highest BCUT2D eigenvalue weighted by Gasteiger charge is 2.24. The van der Waals surface area contributed by atoms with Crippen molar-refractivity contribution in [2.24, 2.45) is 0 Å². The molecule has 1 aromatic carbocycles. The Morgan fingerprint density at radius 1 is 1.25 bits per heavy atom. The molecule has 1 unspecified atom stereocenters. The molecule has 1 atom stereocenters. The summed E-state index contributed by atoms with van der Waals surface area (Å²) < 4.78 is 0. The van der Waals surface area contributed by atoms with Crippen LogP contribution < -0.4 is 5.32 Å². The predicted octanol–water partition coefficient (Wildman–Crippen LogP) is 4.00. The van der Waals surface area contributed by atoms with Gasteiger partial charge in [0.05, 0.1) is 0 Å². The number of rotatable bonds is 5. The maximum absolute atomic E-state index is 12.0. The molecule has 1 N–H and O–H groups in total. The van der Waals surface area contributed by atoms with E-state index in [2.05, 4.69) is 42.6 Å². The van der Waals surface area contributed by atoms with E-state index < -0.39 is 0 Å². The molecule has 1 amide bonds. The minimum Gasteiger partial charge on any atom is -0.338 e.